The van der Waals surface area contributed by atoms with Crippen LogP contribution in [0.15, 0.2) is 48.5 Å². The van der Waals surface area contributed by atoms with Crippen LogP contribution < -0.4 is 15.4 Å². The molecular weight excluding hydrogens is 586 g/mol. The number of aliphatic hydroxyl groups excluding tert-OH is 1. The van der Waals surface area contributed by atoms with Gasteiger partial charge < -0.3 is 39.9 Å². The lowest BCUT2D eigenvalue weighted by Crippen LogP contribution is -2.48. The average molecular weight is 640 g/mol. The first-order valence-electron chi connectivity index (χ1n) is 16.3. The maximum absolute atomic E-state index is 14.3. The summed E-state index contributed by atoms with van der Waals surface area (Å²) < 4.78 is 12.6. The van der Waals surface area contributed by atoms with Gasteiger partial charge in [-0.05, 0) is 90.5 Å². The van der Waals surface area contributed by atoms with Crippen molar-refractivity contribution in [1.82, 2.24) is 14.7 Å². The van der Waals surface area contributed by atoms with Gasteiger partial charge >= 0.3 is 6.03 Å². The van der Waals surface area contributed by atoms with Crippen molar-refractivity contribution >= 4 is 29.2 Å². The lowest BCUT2D eigenvalue weighted by Gasteiger charge is -2.35. The Morgan fingerprint density at radius 1 is 1.04 bits per heavy atom. The molecule has 3 rings (SSSR count). The molecule has 2 aromatic rings. The van der Waals surface area contributed by atoms with Crippen molar-refractivity contribution in [2.24, 2.45) is 5.92 Å². The fourth-order valence-corrected chi connectivity index (χ4v) is 5.34. The van der Waals surface area contributed by atoms with Gasteiger partial charge in [0.15, 0.2) is 0 Å². The lowest BCUT2D eigenvalue weighted by molar-refractivity contribution is -0.116. The van der Waals surface area contributed by atoms with Crippen molar-refractivity contribution in [2.45, 2.75) is 71.1 Å². The van der Waals surface area contributed by atoms with Crippen LogP contribution in [0.3, 0.4) is 0 Å². The fraction of sp³-hybridized carbons (Fsp3) is 0.571. The Balaban J connectivity index is 1.86. The van der Waals surface area contributed by atoms with E-state index in [2.05, 4.69) is 10.6 Å². The van der Waals surface area contributed by atoms with Gasteiger partial charge in [0.05, 0.1) is 30.4 Å². The number of carbonyl (C=O) groups excluding carboxylic acids is 3. The van der Waals surface area contributed by atoms with Gasteiger partial charge in [0.25, 0.3) is 5.91 Å². The highest BCUT2D eigenvalue weighted by Gasteiger charge is 2.31. The van der Waals surface area contributed by atoms with Gasteiger partial charge in [-0.15, -0.1) is 0 Å². The van der Waals surface area contributed by atoms with E-state index in [1.54, 1.807) is 42.0 Å². The summed E-state index contributed by atoms with van der Waals surface area (Å²) in [6.07, 6.45) is 3.00. The number of nitrogens with one attached hydrogen (secondary N) is 2. The summed E-state index contributed by atoms with van der Waals surface area (Å²) >= 11 is 0. The third-order valence-electron chi connectivity index (χ3n) is 8.17. The van der Waals surface area contributed by atoms with Crippen molar-refractivity contribution in [3.8, 4) is 5.75 Å². The molecule has 1 aliphatic rings. The standard InChI is InChI=1S/C35H53N5O6/c1-25-22-40(26(2)24-41)34(43)30-21-29(36-33(42)16-12-19-38(4)5)17-18-31(30)46-27(3)13-10-11-20-45-32(25)23-39(6)35(44)37-28-14-8-7-9-15-28/h7-9,14-15,17-18,21,25-27,32,41H,10-13,16,19-20,22-24H2,1-6H3,(H,36,42)(H,37,44)/t25-,26+,27-,32+/m1/s1. The normalized spacial score (nSPS) is 20.2. The Labute approximate surface area is 274 Å². The minimum atomic E-state index is -0.503. The van der Waals surface area contributed by atoms with Crippen LogP contribution in [0.4, 0.5) is 16.2 Å². The number of amides is 4. The average Bonchev–Trinajstić information content (AvgIpc) is 3.02. The zero-order valence-corrected chi connectivity index (χ0v) is 28.3. The van der Waals surface area contributed by atoms with Crippen molar-refractivity contribution in [1.29, 1.82) is 0 Å². The summed E-state index contributed by atoms with van der Waals surface area (Å²) in [5.41, 5.74) is 1.53. The molecule has 0 spiro atoms. The highest BCUT2D eigenvalue weighted by Crippen LogP contribution is 2.28. The summed E-state index contributed by atoms with van der Waals surface area (Å²) in [5, 5.41) is 16.0. The first-order chi connectivity index (χ1) is 22.0. The number of anilines is 2. The Hall–Kier alpha value is -3.67. The van der Waals surface area contributed by atoms with Crippen LogP contribution in [-0.2, 0) is 9.53 Å². The maximum Gasteiger partial charge on any atom is 0.321 e. The molecule has 11 heteroatoms. The molecule has 0 saturated heterocycles. The van der Waals surface area contributed by atoms with Gasteiger partial charge in [0.1, 0.15) is 5.75 Å². The maximum atomic E-state index is 14.3. The van der Waals surface area contributed by atoms with Gasteiger partial charge in [-0.3, -0.25) is 9.59 Å². The smallest absolute Gasteiger partial charge is 0.321 e. The van der Waals surface area contributed by atoms with Gasteiger partial charge in [-0.2, -0.15) is 0 Å². The number of urea groups is 1. The second-order valence-corrected chi connectivity index (χ2v) is 12.6. The quantitative estimate of drug-likeness (QED) is 0.337. The number of carbonyl (C=O) groups is 3. The third kappa shape index (κ3) is 11.6. The second-order valence-electron chi connectivity index (χ2n) is 12.6. The summed E-state index contributed by atoms with van der Waals surface area (Å²) in [6, 6.07) is 13.7. The van der Waals surface area contributed by atoms with E-state index in [0.717, 1.165) is 32.2 Å². The molecule has 2 aromatic carbocycles. The minimum absolute atomic E-state index is 0.126. The number of benzene rings is 2. The topological polar surface area (TPSA) is 124 Å². The van der Waals surface area contributed by atoms with Crippen LogP contribution >= 0.6 is 0 Å². The number of rotatable bonds is 10. The van der Waals surface area contributed by atoms with E-state index < -0.39 is 6.04 Å². The molecule has 0 unspecified atom stereocenters. The highest BCUT2D eigenvalue weighted by molar-refractivity contribution is 5.99. The number of hydrogen-bond donors (Lipinski definition) is 3. The molecule has 11 nitrogen and oxygen atoms in total. The second kappa shape index (κ2) is 18.5. The Morgan fingerprint density at radius 2 is 1.78 bits per heavy atom. The first kappa shape index (κ1) is 36.8. The number of aliphatic hydroxyl groups is 1. The molecule has 0 radical (unpaired) electrons. The molecule has 1 heterocycles. The van der Waals surface area contributed by atoms with E-state index in [9.17, 15) is 19.5 Å². The zero-order valence-electron chi connectivity index (χ0n) is 28.3. The van der Waals surface area contributed by atoms with Gasteiger partial charge in [0.2, 0.25) is 5.91 Å². The van der Waals surface area contributed by atoms with Crippen molar-refractivity contribution in [2.75, 3.05) is 64.6 Å². The lowest BCUT2D eigenvalue weighted by atomic mass is 10.0. The molecular formula is C35H53N5O6. The third-order valence-corrected chi connectivity index (χ3v) is 8.17. The fourth-order valence-electron chi connectivity index (χ4n) is 5.34. The van der Waals surface area contributed by atoms with Gasteiger partial charge in [0, 0.05) is 50.5 Å². The molecule has 3 N–H and O–H groups in total. The molecule has 0 aliphatic carbocycles. The zero-order chi connectivity index (χ0) is 33.6. The highest BCUT2D eigenvalue weighted by atomic mass is 16.5. The molecule has 0 bridgehead atoms. The summed E-state index contributed by atoms with van der Waals surface area (Å²) in [5.74, 6) is -0.187. The van der Waals surface area contributed by atoms with Crippen LogP contribution in [0.1, 0.15) is 63.2 Å². The van der Waals surface area contributed by atoms with Crippen molar-refractivity contribution in [3.63, 3.8) is 0 Å². The molecule has 254 valence electrons. The monoisotopic (exact) mass is 639 g/mol. The van der Waals surface area contributed by atoms with Gasteiger partial charge in [-0.25, -0.2) is 4.79 Å². The van der Waals surface area contributed by atoms with E-state index >= 15 is 0 Å². The van der Waals surface area contributed by atoms with Crippen LogP contribution in [-0.4, -0.2) is 110 Å². The molecule has 4 atom stereocenters. The summed E-state index contributed by atoms with van der Waals surface area (Å²) in [4.78, 5) is 45.2. The molecule has 46 heavy (non-hydrogen) atoms. The summed E-state index contributed by atoms with van der Waals surface area (Å²) in [6.45, 7) is 7.42. The Kier molecular flexibility index (Phi) is 14.8. The first-order valence-corrected chi connectivity index (χ1v) is 16.3. The number of fused-ring (bicyclic) bond motifs is 1. The molecule has 0 saturated carbocycles. The van der Waals surface area contributed by atoms with E-state index in [1.807, 2.05) is 63.2 Å². The van der Waals surface area contributed by atoms with E-state index in [1.165, 1.54) is 0 Å². The molecule has 0 aromatic heterocycles. The number of likely N-dealkylation sites (N-methyl/N-ethyl adjacent to an activating group) is 1. The van der Waals surface area contributed by atoms with Crippen LogP contribution in [0.2, 0.25) is 0 Å². The molecule has 1 aliphatic heterocycles. The minimum Gasteiger partial charge on any atom is -0.490 e. The number of nitrogens with zero attached hydrogens (tertiary/aromatic N) is 3. The predicted molar refractivity (Wildman–Crippen MR) is 181 cm³/mol. The number of para-hydroxylation sites is 1. The Bertz CT molecular complexity index is 1260. The predicted octanol–water partition coefficient (Wildman–Crippen LogP) is 4.93. The van der Waals surface area contributed by atoms with Crippen molar-refractivity contribution in [3.05, 3.63) is 54.1 Å². The molecule has 0 fully saturated rings. The molecule has 4 amide bonds. The van der Waals surface area contributed by atoms with Crippen LogP contribution in [0, 0.1) is 5.92 Å². The SMILES string of the molecule is C[C@@H]1CCCCO[C@@H](CN(C)C(=O)Nc2ccccc2)[C@H](C)CN([C@@H](C)CO)C(=O)c2cc(NC(=O)CCCN(C)C)ccc2O1. The van der Waals surface area contributed by atoms with E-state index in [-0.39, 0.29) is 49.1 Å². The summed E-state index contributed by atoms with van der Waals surface area (Å²) in [7, 11) is 5.66. The largest absolute Gasteiger partial charge is 0.490 e. The van der Waals surface area contributed by atoms with Crippen LogP contribution in [0.5, 0.6) is 5.75 Å². The van der Waals surface area contributed by atoms with Crippen molar-refractivity contribution < 1.29 is 29.0 Å². The Morgan fingerprint density at radius 3 is 2.48 bits per heavy atom. The van der Waals surface area contributed by atoms with E-state index in [0.29, 0.717) is 42.3 Å². The number of hydrogen-bond acceptors (Lipinski definition) is 7. The van der Waals surface area contributed by atoms with Crippen LogP contribution in [0.25, 0.3) is 0 Å². The van der Waals surface area contributed by atoms with Gasteiger partial charge in [-0.1, -0.05) is 25.1 Å². The van der Waals surface area contributed by atoms with E-state index in [4.69, 9.17) is 9.47 Å². The number of ether oxygens (including phenoxy) is 2.